The van der Waals surface area contributed by atoms with Crippen molar-refractivity contribution in [2.24, 2.45) is 0 Å². The summed E-state index contributed by atoms with van der Waals surface area (Å²) in [6.07, 6.45) is 3.81. The third-order valence-electron chi connectivity index (χ3n) is 3.08. The molecule has 0 heterocycles. The highest BCUT2D eigenvalue weighted by molar-refractivity contribution is 6.30. The summed E-state index contributed by atoms with van der Waals surface area (Å²) < 4.78 is 0. The van der Waals surface area contributed by atoms with E-state index in [1.807, 2.05) is 19.2 Å². The Morgan fingerprint density at radius 1 is 1.23 bits per heavy atom. The first-order valence-electron chi connectivity index (χ1n) is 4.72. The van der Waals surface area contributed by atoms with Gasteiger partial charge in [-0.3, -0.25) is 0 Å². The van der Waals surface area contributed by atoms with Crippen LogP contribution in [0.25, 0.3) is 0 Å². The highest BCUT2D eigenvalue weighted by Crippen LogP contribution is 2.40. The number of benzene rings is 1. The van der Waals surface area contributed by atoms with E-state index in [1.165, 1.54) is 24.8 Å². The second kappa shape index (κ2) is 3.32. The Morgan fingerprint density at radius 2 is 1.85 bits per heavy atom. The molecular formula is C11H14ClN. The summed E-state index contributed by atoms with van der Waals surface area (Å²) in [5.74, 6) is 0. The Hall–Kier alpha value is -0.530. The van der Waals surface area contributed by atoms with Gasteiger partial charge in [0.2, 0.25) is 0 Å². The molecule has 2 rings (SSSR count). The molecule has 1 fully saturated rings. The van der Waals surface area contributed by atoms with Crippen molar-refractivity contribution >= 4 is 11.6 Å². The van der Waals surface area contributed by atoms with Crippen molar-refractivity contribution in [3.05, 3.63) is 34.9 Å². The molecule has 0 radical (unpaired) electrons. The first-order valence-corrected chi connectivity index (χ1v) is 5.10. The number of hydrogen-bond acceptors (Lipinski definition) is 1. The van der Waals surface area contributed by atoms with Crippen LogP contribution in [0.4, 0.5) is 0 Å². The van der Waals surface area contributed by atoms with Gasteiger partial charge in [-0.25, -0.2) is 0 Å². The van der Waals surface area contributed by atoms with E-state index in [-0.39, 0.29) is 5.54 Å². The predicted octanol–water partition coefficient (Wildman–Crippen LogP) is 2.94. The summed E-state index contributed by atoms with van der Waals surface area (Å²) >= 11 is 5.85. The van der Waals surface area contributed by atoms with E-state index >= 15 is 0 Å². The van der Waals surface area contributed by atoms with E-state index in [4.69, 9.17) is 11.6 Å². The molecule has 1 N–H and O–H groups in total. The highest BCUT2D eigenvalue weighted by atomic mass is 35.5. The van der Waals surface area contributed by atoms with Gasteiger partial charge in [-0.2, -0.15) is 0 Å². The van der Waals surface area contributed by atoms with Crippen LogP contribution in [0.3, 0.4) is 0 Å². The van der Waals surface area contributed by atoms with Gasteiger partial charge in [-0.05, 0) is 44.0 Å². The standard InChI is InChI=1S/C11H14ClN/c1-13-11(7-2-8-11)9-3-5-10(12)6-4-9/h3-6,13H,2,7-8H2,1H3. The Kier molecular flexibility index (Phi) is 2.31. The maximum atomic E-state index is 5.85. The predicted molar refractivity (Wildman–Crippen MR) is 56.0 cm³/mol. The van der Waals surface area contributed by atoms with E-state index in [1.54, 1.807) is 0 Å². The minimum atomic E-state index is 0.241. The minimum absolute atomic E-state index is 0.241. The Bertz CT molecular complexity index is 282. The van der Waals surface area contributed by atoms with Crippen LogP contribution < -0.4 is 5.32 Å². The molecule has 0 bridgehead atoms. The van der Waals surface area contributed by atoms with Gasteiger partial charge in [0.1, 0.15) is 0 Å². The van der Waals surface area contributed by atoms with Crippen LogP contribution in [0.1, 0.15) is 24.8 Å². The van der Waals surface area contributed by atoms with Crippen LogP contribution in [-0.4, -0.2) is 7.05 Å². The second-order valence-electron chi connectivity index (χ2n) is 3.69. The third-order valence-corrected chi connectivity index (χ3v) is 3.33. The van der Waals surface area contributed by atoms with Gasteiger partial charge in [0.05, 0.1) is 0 Å². The fraction of sp³-hybridized carbons (Fsp3) is 0.455. The number of hydrogen-bond donors (Lipinski definition) is 1. The molecule has 1 saturated carbocycles. The monoisotopic (exact) mass is 195 g/mol. The molecule has 0 saturated heterocycles. The largest absolute Gasteiger partial charge is 0.310 e. The fourth-order valence-electron chi connectivity index (χ4n) is 1.98. The van der Waals surface area contributed by atoms with Crippen LogP contribution in [-0.2, 0) is 5.54 Å². The van der Waals surface area contributed by atoms with E-state index in [0.717, 1.165) is 5.02 Å². The lowest BCUT2D eigenvalue weighted by molar-refractivity contribution is 0.201. The summed E-state index contributed by atoms with van der Waals surface area (Å²) in [6, 6.07) is 8.18. The molecule has 0 spiro atoms. The molecule has 0 unspecified atom stereocenters. The molecule has 0 amide bonds. The van der Waals surface area contributed by atoms with Crippen molar-refractivity contribution in [1.29, 1.82) is 0 Å². The molecule has 13 heavy (non-hydrogen) atoms. The molecule has 0 atom stereocenters. The fourth-order valence-corrected chi connectivity index (χ4v) is 2.11. The van der Waals surface area contributed by atoms with Gasteiger partial charge >= 0.3 is 0 Å². The lowest BCUT2D eigenvalue weighted by Crippen LogP contribution is -2.45. The molecule has 1 nitrogen and oxygen atoms in total. The van der Waals surface area contributed by atoms with Gasteiger partial charge in [-0.15, -0.1) is 0 Å². The van der Waals surface area contributed by atoms with Crippen molar-refractivity contribution in [3.8, 4) is 0 Å². The lowest BCUT2D eigenvalue weighted by atomic mass is 9.72. The van der Waals surface area contributed by atoms with Crippen molar-refractivity contribution < 1.29 is 0 Å². The molecule has 0 aromatic heterocycles. The van der Waals surface area contributed by atoms with Gasteiger partial charge < -0.3 is 5.32 Å². The van der Waals surface area contributed by atoms with Crippen LogP contribution in [0.2, 0.25) is 5.02 Å². The molecule has 1 aliphatic carbocycles. The van der Waals surface area contributed by atoms with Crippen molar-refractivity contribution in [1.82, 2.24) is 5.32 Å². The van der Waals surface area contributed by atoms with E-state index < -0.39 is 0 Å². The molecule has 1 aliphatic rings. The molecule has 1 aromatic carbocycles. The first kappa shape index (κ1) is 9.04. The zero-order chi connectivity index (χ0) is 9.31. The normalized spacial score (nSPS) is 19.5. The topological polar surface area (TPSA) is 12.0 Å². The average Bonchev–Trinajstić information content (AvgIpc) is 2.07. The lowest BCUT2D eigenvalue weighted by Gasteiger charge is -2.42. The van der Waals surface area contributed by atoms with Gasteiger partial charge in [0.15, 0.2) is 0 Å². The van der Waals surface area contributed by atoms with E-state index in [9.17, 15) is 0 Å². The van der Waals surface area contributed by atoms with E-state index in [2.05, 4.69) is 17.4 Å². The molecule has 70 valence electrons. The third kappa shape index (κ3) is 1.47. The maximum absolute atomic E-state index is 5.85. The van der Waals surface area contributed by atoms with Crippen LogP contribution in [0.15, 0.2) is 24.3 Å². The number of rotatable bonds is 2. The van der Waals surface area contributed by atoms with Crippen LogP contribution in [0.5, 0.6) is 0 Å². The highest BCUT2D eigenvalue weighted by Gasteiger charge is 2.36. The zero-order valence-corrected chi connectivity index (χ0v) is 8.56. The zero-order valence-electron chi connectivity index (χ0n) is 7.81. The van der Waals surface area contributed by atoms with Gasteiger partial charge in [-0.1, -0.05) is 23.7 Å². The summed E-state index contributed by atoms with van der Waals surface area (Å²) in [5.41, 5.74) is 1.61. The molecule has 0 aliphatic heterocycles. The van der Waals surface area contributed by atoms with Gasteiger partial charge in [0, 0.05) is 10.6 Å². The van der Waals surface area contributed by atoms with Crippen molar-refractivity contribution in [2.45, 2.75) is 24.8 Å². The quantitative estimate of drug-likeness (QED) is 0.765. The maximum Gasteiger partial charge on any atom is 0.0432 e. The number of nitrogens with one attached hydrogen (secondary N) is 1. The SMILES string of the molecule is CNC1(c2ccc(Cl)cc2)CCC1. The minimum Gasteiger partial charge on any atom is -0.310 e. The Balaban J connectivity index is 2.28. The Morgan fingerprint density at radius 3 is 2.23 bits per heavy atom. The van der Waals surface area contributed by atoms with Crippen molar-refractivity contribution in [3.63, 3.8) is 0 Å². The van der Waals surface area contributed by atoms with Gasteiger partial charge in [0.25, 0.3) is 0 Å². The smallest absolute Gasteiger partial charge is 0.0432 e. The summed E-state index contributed by atoms with van der Waals surface area (Å²) in [7, 11) is 2.04. The van der Waals surface area contributed by atoms with Crippen molar-refractivity contribution in [2.75, 3.05) is 7.05 Å². The Labute approximate surface area is 84.1 Å². The molecular weight excluding hydrogens is 182 g/mol. The van der Waals surface area contributed by atoms with Crippen LogP contribution >= 0.6 is 11.6 Å². The average molecular weight is 196 g/mol. The molecule has 2 heteroatoms. The molecule has 1 aromatic rings. The first-order chi connectivity index (χ1) is 6.27. The number of halogens is 1. The summed E-state index contributed by atoms with van der Waals surface area (Å²) in [5, 5.41) is 4.22. The summed E-state index contributed by atoms with van der Waals surface area (Å²) in [4.78, 5) is 0. The second-order valence-corrected chi connectivity index (χ2v) is 4.13. The van der Waals surface area contributed by atoms with E-state index in [0.29, 0.717) is 0 Å². The summed E-state index contributed by atoms with van der Waals surface area (Å²) in [6.45, 7) is 0. The van der Waals surface area contributed by atoms with Crippen LogP contribution in [0, 0.1) is 0 Å².